The van der Waals surface area contributed by atoms with Gasteiger partial charge in [0.2, 0.25) is 0 Å². The summed E-state index contributed by atoms with van der Waals surface area (Å²) in [4.78, 5) is 3.90. The van der Waals surface area contributed by atoms with E-state index in [1.165, 1.54) is 0 Å². The number of nitrogens with one attached hydrogen (secondary N) is 1. The van der Waals surface area contributed by atoms with Crippen molar-refractivity contribution < 1.29 is 0 Å². The van der Waals surface area contributed by atoms with Crippen LogP contribution < -0.4 is 5.32 Å². The fraction of sp³-hybridized carbons (Fsp3) is 0.900. The van der Waals surface area contributed by atoms with Crippen molar-refractivity contribution in [3.05, 3.63) is 4.85 Å². The van der Waals surface area contributed by atoms with Crippen LogP contribution in [0.2, 0.25) is 0 Å². The zero-order valence-electron chi connectivity index (χ0n) is 8.52. The van der Waals surface area contributed by atoms with E-state index in [9.17, 15) is 0 Å². The third-order valence-electron chi connectivity index (χ3n) is 2.38. The van der Waals surface area contributed by atoms with Gasteiger partial charge in [0.1, 0.15) is 0 Å². The van der Waals surface area contributed by atoms with E-state index in [0.29, 0.717) is 6.04 Å². The minimum Gasteiger partial charge on any atom is -0.306 e. The third kappa shape index (κ3) is 2.22. The molecule has 68 valence electrons. The second-order valence-corrected chi connectivity index (χ2v) is 5.10. The Morgan fingerprint density at radius 1 is 1.17 bits per heavy atom. The molecule has 2 heteroatoms. The van der Waals surface area contributed by atoms with Crippen LogP contribution in [0.15, 0.2) is 0 Å². The van der Waals surface area contributed by atoms with Crippen LogP contribution in [-0.4, -0.2) is 17.1 Å². The maximum Gasteiger partial charge on any atom is 0.275 e. The molecule has 0 saturated carbocycles. The Morgan fingerprint density at radius 2 is 1.58 bits per heavy atom. The lowest BCUT2D eigenvalue weighted by Crippen LogP contribution is -2.58. The van der Waals surface area contributed by atoms with Gasteiger partial charge in [-0.1, -0.05) is 4.85 Å². The average molecular weight is 167 g/mol. The van der Waals surface area contributed by atoms with Gasteiger partial charge in [0, 0.05) is 23.9 Å². The normalized spacial score (nSPS) is 27.9. The highest BCUT2D eigenvalue weighted by Crippen LogP contribution is 2.29. The van der Waals surface area contributed by atoms with Gasteiger partial charge >= 0.3 is 0 Å². The molecule has 0 aromatic rings. The summed E-state index contributed by atoms with van der Waals surface area (Å²) in [7, 11) is 0. The van der Waals surface area contributed by atoms with Gasteiger partial charge in [0.05, 0.1) is 0 Å². The van der Waals surface area contributed by atoms with Gasteiger partial charge in [-0.3, -0.25) is 0 Å². The predicted octanol–water partition coefficient (Wildman–Crippen LogP) is 2.26. The summed E-state index contributed by atoms with van der Waals surface area (Å²) >= 11 is 0. The van der Waals surface area contributed by atoms with Crippen molar-refractivity contribution in [3.8, 4) is 6.57 Å². The van der Waals surface area contributed by atoms with Crippen LogP contribution in [-0.2, 0) is 0 Å². The molecule has 0 aliphatic carbocycles. The molecule has 1 aliphatic heterocycles. The van der Waals surface area contributed by atoms with Crippen LogP contribution in [0.4, 0.5) is 0 Å². The van der Waals surface area contributed by atoms with Crippen molar-refractivity contribution in [1.29, 1.82) is 0 Å². The molecule has 1 aliphatic rings. The largest absolute Gasteiger partial charge is 0.306 e. The summed E-state index contributed by atoms with van der Waals surface area (Å²) in [5.41, 5.74) is 0.324. The lowest BCUT2D eigenvalue weighted by molar-refractivity contribution is 0.176. The topological polar surface area (TPSA) is 16.4 Å². The van der Waals surface area contributed by atoms with Gasteiger partial charge in [0.15, 0.2) is 0 Å². The lowest BCUT2D eigenvalue weighted by atomic mass is 9.80. The molecule has 1 rings (SSSR count). The van der Waals surface area contributed by atoms with Crippen molar-refractivity contribution in [1.82, 2.24) is 5.32 Å². The van der Waals surface area contributed by atoms with Crippen LogP contribution in [0.3, 0.4) is 0 Å². The Hall–Kier alpha value is -0.550. The van der Waals surface area contributed by atoms with Gasteiger partial charge in [-0.25, -0.2) is 0 Å². The SMILES string of the molecule is C#[N+]C1CC(C)(C)NC(C)(C)C1. The van der Waals surface area contributed by atoms with Crippen LogP contribution in [0.25, 0.3) is 4.85 Å². The van der Waals surface area contributed by atoms with Crippen LogP contribution in [0, 0.1) is 6.57 Å². The van der Waals surface area contributed by atoms with Gasteiger partial charge in [0.25, 0.3) is 12.6 Å². The molecule has 1 saturated heterocycles. The summed E-state index contributed by atoms with van der Waals surface area (Å²) in [6.07, 6.45) is 2.07. The predicted molar refractivity (Wildman–Crippen MR) is 52.6 cm³/mol. The number of nitrogens with zero attached hydrogens (tertiary/aromatic N) is 1. The zero-order valence-corrected chi connectivity index (χ0v) is 8.52. The second kappa shape index (κ2) is 2.74. The highest BCUT2D eigenvalue weighted by atomic mass is 15.1. The Labute approximate surface area is 75.2 Å². The zero-order chi connectivity index (χ0) is 9.41. The molecule has 0 spiro atoms. The first-order valence-electron chi connectivity index (χ1n) is 4.54. The molecule has 0 aromatic carbocycles. The number of hydrogen-bond acceptors (Lipinski definition) is 1. The minimum atomic E-state index is 0.162. The maximum atomic E-state index is 5.34. The summed E-state index contributed by atoms with van der Waals surface area (Å²) in [5.74, 6) is 0. The molecule has 0 bridgehead atoms. The van der Waals surface area contributed by atoms with E-state index in [4.69, 9.17) is 6.57 Å². The van der Waals surface area contributed by atoms with Crippen molar-refractivity contribution in [2.75, 3.05) is 0 Å². The smallest absolute Gasteiger partial charge is 0.275 e. The van der Waals surface area contributed by atoms with Gasteiger partial charge < -0.3 is 5.32 Å². The molecule has 0 aromatic heterocycles. The van der Waals surface area contributed by atoms with Crippen molar-refractivity contribution in [2.24, 2.45) is 0 Å². The summed E-state index contributed by atoms with van der Waals surface area (Å²) in [6, 6.07) is 0.316. The van der Waals surface area contributed by atoms with E-state index in [2.05, 4.69) is 37.9 Å². The number of piperidine rings is 1. The Balaban J connectivity index is 2.75. The second-order valence-electron chi connectivity index (χ2n) is 5.10. The van der Waals surface area contributed by atoms with E-state index >= 15 is 0 Å². The number of hydrogen-bond donors (Lipinski definition) is 1. The third-order valence-corrected chi connectivity index (χ3v) is 2.38. The highest BCUT2D eigenvalue weighted by molar-refractivity contribution is 5.03. The molecular weight excluding hydrogens is 148 g/mol. The van der Waals surface area contributed by atoms with Crippen molar-refractivity contribution in [3.63, 3.8) is 0 Å². The first kappa shape index (κ1) is 9.54. The van der Waals surface area contributed by atoms with E-state index in [1.807, 2.05) is 0 Å². The fourth-order valence-electron chi connectivity index (χ4n) is 2.37. The average Bonchev–Trinajstić information content (AvgIpc) is 1.80. The molecular formula is C10H19N2+. The molecule has 0 amide bonds. The van der Waals surface area contributed by atoms with Gasteiger partial charge in [-0.05, 0) is 27.7 Å². The first-order valence-corrected chi connectivity index (χ1v) is 4.54. The Morgan fingerprint density at radius 3 is 1.92 bits per heavy atom. The molecule has 12 heavy (non-hydrogen) atoms. The minimum absolute atomic E-state index is 0.162. The van der Waals surface area contributed by atoms with Crippen molar-refractivity contribution >= 4 is 0 Å². The summed E-state index contributed by atoms with van der Waals surface area (Å²) < 4.78 is 0. The molecule has 0 unspecified atom stereocenters. The Bertz CT molecular complexity index is 194. The van der Waals surface area contributed by atoms with Crippen molar-refractivity contribution in [2.45, 2.75) is 57.7 Å². The van der Waals surface area contributed by atoms with Gasteiger partial charge in [-0.15, -0.1) is 0 Å². The van der Waals surface area contributed by atoms with Crippen LogP contribution in [0.5, 0.6) is 0 Å². The molecule has 1 heterocycles. The quantitative estimate of drug-likeness (QED) is 0.585. The van der Waals surface area contributed by atoms with E-state index < -0.39 is 0 Å². The Kier molecular flexibility index (Phi) is 2.18. The summed E-state index contributed by atoms with van der Waals surface area (Å²) in [6.45, 7) is 14.1. The molecule has 1 N–H and O–H groups in total. The fourth-order valence-corrected chi connectivity index (χ4v) is 2.37. The van der Waals surface area contributed by atoms with Crippen LogP contribution >= 0.6 is 0 Å². The molecule has 0 radical (unpaired) electrons. The monoisotopic (exact) mass is 167 g/mol. The number of rotatable bonds is 0. The standard InChI is InChI=1S/C10H19N2/c1-9(2)6-8(11-5)7-10(3,4)12-9/h5,8,12H,6-7H2,1-4H3/q+1. The highest BCUT2D eigenvalue weighted by Gasteiger charge is 2.42. The van der Waals surface area contributed by atoms with E-state index in [0.717, 1.165) is 12.8 Å². The lowest BCUT2D eigenvalue weighted by Gasteiger charge is -2.41. The maximum absolute atomic E-state index is 5.34. The molecule has 2 nitrogen and oxygen atoms in total. The first-order chi connectivity index (χ1) is 5.35. The van der Waals surface area contributed by atoms with Crippen LogP contribution in [0.1, 0.15) is 40.5 Å². The molecule has 1 fully saturated rings. The molecule has 0 atom stereocenters. The van der Waals surface area contributed by atoms with E-state index in [1.54, 1.807) is 0 Å². The summed E-state index contributed by atoms with van der Waals surface area (Å²) in [5, 5.41) is 3.58. The van der Waals surface area contributed by atoms with Gasteiger partial charge in [-0.2, -0.15) is 0 Å². The van der Waals surface area contributed by atoms with E-state index in [-0.39, 0.29) is 11.1 Å².